The first kappa shape index (κ1) is 12.3. The van der Waals surface area contributed by atoms with Gasteiger partial charge in [-0.05, 0) is 32.9 Å². The first-order valence-corrected chi connectivity index (χ1v) is 5.35. The molecule has 3 nitrogen and oxygen atoms in total. The number of rotatable bonds is 4. The van der Waals surface area contributed by atoms with E-state index in [4.69, 9.17) is 5.26 Å². The van der Waals surface area contributed by atoms with Gasteiger partial charge in [0.2, 0.25) is 0 Å². The van der Waals surface area contributed by atoms with Crippen LogP contribution in [0.2, 0.25) is 0 Å². The van der Waals surface area contributed by atoms with Gasteiger partial charge in [-0.15, -0.1) is 0 Å². The highest BCUT2D eigenvalue weighted by Crippen LogP contribution is 2.15. The van der Waals surface area contributed by atoms with E-state index < -0.39 is 0 Å². The van der Waals surface area contributed by atoms with Crippen LogP contribution >= 0.6 is 0 Å². The topological polar surface area (TPSA) is 39.9 Å². The van der Waals surface area contributed by atoms with Crippen LogP contribution in [-0.2, 0) is 0 Å². The number of hydrogen-bond acceptors (Lipinski definition) is 3. The van der Waals surface area contributed by atoms with Gasteiger partial charge >= 0.3 is 0 Å². The van der Waals surface area contributed by atoms with Gasteiger partial charge in [-0.2, -0.15) is 5.26 Å². The third-order valence-corrected chi connectivity index (χ3v) is 2.24. The lowest BCUT2D eigenvalue weighted by atomic mass is 10.2. The quantitative estimate of drug-likeness (QED) is 0.725. The Morgan fingerprint density at radius 1 is 1.56 bits per heavy atom. The SMILES string of the molecule is C=C(C)CN(CC)c1cc(C#N)cc(C)n1. The second-order valence-electron chi connectivity index (χ2n) is 3.94. The van der Waals surface area contributed by atoms with Gasteiger partial charge in [0.15, 0.2) is 0 Å². The predicted octanol–water partition coefficient (Wildman–Crippen LogP) is 2.66. The Morgan fingerprint density at radius 2 is 2.25 bits per heavy atom. The van der Waals surface area contributed by atoms with E-state index in [2.05, 4.69) is 29.5 Å². The fourth-order valence-electron chi connectivity index (χ4n) is 1.56. The molecule has 0 spiro atoms. The van der Waals surface area contributed by atoms with E-state index in [1.807, 2.05) is 19.9 Å². The van der Waals surface area contributed by atoms with Gasteiger partial charge in [-0.25, -0.2) is 4.98 Å². The summed E-state index contributed by atoms with van der Waals surface area (Å²) in [6, 6.07) is 5.76. The molecule has 0 radical (unpaired) electrons. The number of nitriles is 1. The molecule has 0 atom stereocenters. The Bertz CT molecular complexity index is 429. The molecule has 0 saturated carbocycles. The smallest absolute Gasteiger partial charge is 0.130 e. The number of likely N-dealkylation sites (N-methyl/N-ethyl adjacent to an activating group) is 1. The average molecular weight is 215 g/mol. The number of aryl methyl sites for hydroxylation is 1. The highest BCUT2D eigenvalue weighted by molar-refractivity contribution is 5.47. The Labute approximate surface area is 97.0 Å². The monoisotopic (exact) mass is 215 g/mol. The van der Waals surface area contributed by atoms with Crippen molar-refractivity contribution in [3.05, 3.63) is 35.5 Å². The second kappa shape index (κ2) is 5.32. The van der Waals surface area contributed by atoms with Crippen LogP contribution in [0.4, 0.5) is 5.82 Å². The van der Waals surface area contributed by atoms with Gasteiger partial charge in [-0.3, -0.25) is 0 Å². The van der Waals surface area contributed by atoms with E-state index in [0.29, 0.717) is 5.56 Å². The lowest BCUT2D eigenvalue weighted by molar-refractivity contribution is 0.855. The fourth-order valence-corrected chi connectivity index (χ4v) is 1.56. The van der Waals surface area contributed by atoms with Crippen molar-refractivity contribution >= 4 is 5.82 Å². The summed E-state index contributed by atoms with van der Waals surface area (Å²) in [5.74, 6) is 0.849. The molecular weight excluding hydrogens is 198 g/mol. The summed E-state index contributed by atoms with van der Waals surface area (Å²) in [7, 11) is 0. The molecule has 0 aliphatic rings. The molecule has 1 heterocycles. The van der Waals surface area contributed by atoms with Crippen molar-refractivity contribution in [2.45, 2.75) is 20.8 Å². The molecule has 0 amide bonds. The number of anilines is 1. The van der Waals surface area contributed by atoms with Crippen LogP contribution < -0.4 is 4.90 Å². The normalized spacial score (nSPS) is 9.62. The zero-order valence-electron chi connectivity index (χ0n) is 10.1. The molecule has 84 valence electrons. The summed E-state index contributed by atoms with van der Waals surface area (Å²) in [6.07, 6.45) is 0. The molecule has 0 aromatic carbocycles. The Morgan fingerprint density at radius 3 is 2.75 bits per heavy atom. The van der Waals surface area contributed by atoms with Crippen molar-refractivity contribution in [3.63, 3.8) is 0 Å². The minimum atomic E-state index is 0.655. The maximum absolute atomic E-state index is 8.91. The van der Waals surface area contributed by atoms with Crippen molar-refractivity contribution in [1.29, 1.82) is 5.26 Å². The summed E-state index contributed by atoms with van der Waals surface area (Å²) >= 11 is 0. The van der Waals surface area contributed by atoms with E-state index in [1.165, 1.54) is 0 Å². The summed E-state index contributed by atoms with van der Waals surface area (Å²) in [5.41, 5.74) is 2.61. The number of nitrogens with zero attached hydrogens (tertiary/aromatic N) is 3. The Hall–Kier alpha value is -1.82. The zero-order chi connectivity index (χ0) is 12.1. The third-order valence-electron chi connectivity index (χ3n) is 2.24. The van der Waals surface area contributed by atoms with Gasteiger partial charge < -0.3 is 4.90 Å². The molecule has 0 aliphatic heterocycles. The summed E-state index contributed by atoms with van der Waals surface area (Å²) < 4.78 is 0. The molecule has 0 unspecified atom stereocenters. The van der Waals surface area contributed by atoms with E-state index >= 15 is 0 Å². The first-order chi connectivity index (χ1) is 7.56. The highest BCUT2D eigenvalue weighted by Gasteiger charge is 2.07. The number of hydrogen-bond donors (Lipinski definition) is 0. The Kier molecular flexibility index (Phi) is 4.07. The molecule has 0 bridgehead atoms. The molecule has 1 rings (SSSR count). The minimum absolute atomic E-state index is 0.655. The maximum atomic E-state index is 8.91. The van der Waals surface area contributed by atoms with Crippen molar-refractivity contribution in [1.82, 2.24) is 4.98 Å². The van der Waals surface area contributed by atoms with Crippen LogP contribution in [-0.4, -0.2) is 18.1 Å². The lowest BCUT2D eigenvalue weighted by Gasteiger charge is -2.22. The van der Waals surface area contributed by atoms with Crippen LogP contribution in [0.1, 0.15) is 25.1 Å². The predicted molar refractivity (Wildman–Crippen MR) is 66.4 cm³/mol. The highest BCUT2D eigenvalue weighted by atomic mass is 15.2. The van der Waals surface area contributed by atoms with Gasteiger partial charge in [-0.1, -0.05) is 12.2 Å². The van der Waals surface area contributed by atoms with Gasteiger partial charge in [0.05, 0.1) is 11.6 Å². The molecule has 3 heteroatoms. The first-order valence-electron chi connectivity index (χ1n) is 5.35. The van der Waals surface area contributed by atoms with Gasteiger partial charge in [0.1, 0.15) is 5.82 Å². The van der Waals surface area contributed by atoms with E-state index in [9.17, 15) is 0 Å². The molecule has 0 fully saturated rings. The van der Waals surface area contributed by atoms with Gasteiger partial charge in [0.25, 0.3) is 0 Å². The van der Waals surface area contributed by atoms with E-state index in [1.54, 1.807) is 6.07 Å². The molecule has 1 aromatic rings. The van der Waals surface area contributed by atoms with E-state index in [0.717, 1.165) is 30.2 Å². The van der Waals surface area contributed by atoms with Crippen LogP contribution in [0.25, 0.3) is 0 Å². The van der Waals surface area contributed by atoms with E-state index in [-0.39, 0.29) is 0 Å². The van der Waals surface area contributed by atoms with Crippen molar-refractivity contribution in [2.24, 2.45) is 0 Å². The standard InChI is InChI=1S/C13H17N3/c1-5-16(9-10(2)3)13-7-12(8-14)6-11(4)15-13/h6-7H,2,5,9H2,1,3-4H3. The van der Waals surface area contributed by atoms with Crippen LogP contribution in [0.5, 0.6) is 0 Å². The zero-order valence-corrected chi connectivity index (χ0v) is 10.1. The molecule has 1 aromatic heterocycles. The van der Waals surface area contributed by atoms with Crippen LogP contribution in [0.3, 0.4) is 0 Å². The fraction of sp³-hybridized carbons (Fsp3) is 0.385. The molecule has 0 aliphatic carbocycles. The second-order valence-corrected chi connectivity index (χ2v) is 3.94. The summed E-state index contributed by atoms with van der Waals surface area (Å²) in [5, 5.41) is 8.91. The third kappa shape index (κ3) is 3.09. The largest absolute Gasteiger partial charge is 0.353 e. The Balaban J connectivity index is 3.05. The molecule has 0 saturated heterocycles. The molecule has 16 heavy (non-hydrogen) atoms. The number of aromatic nitrogens is 1. The lowest BCUT2D eigenvalue weighted by Crippen LogP contribution is -2.25. The molecular formula is C13H17N3. The van der Waals surface area contributed by atoms with Crippen molar-refractivity contribution < 1.29 is 0 Å². The summed E-state index contributed by atoms with van der Waals surface area (Å²) in [6.45, 7) is 11.5. The number of pyridine rings is 1. The minimum Gasteiger partial charge on any atom is -0.353 e. The van der Waals surface area contributed by atoms with Crippen molar-refractivity contribution in [3.8, 4) is 6.07 Å². The molecule has 0 N–H and O–H groups in total. The van der Waals surface area contributed by atoms with Crippen molar-refractivity contribution in [2.75, 3.05) is 18.0 Å². The van der Waals surface area contributed by atoms with Gasteiger partial charge in [0, 0.05) is 18.8 Å². The average Bonchev–Trinajstić information content (AvgIpc) is 2.24. The maximum Gasteiger partial charge on any atom is 0.130 e. The summed E-state index contributed by atoms with van der Waals surface area (Å²) in [4.78, 5) is 6.55. The van der Waals surface area contributed by atoms with Crippen LogP contribution in [0, 0.1) is 18.3 Å². The van der Waals surface area contributed by atoms with Crippen LogP contribution in [0.15, 0.2) is 24.3 Å².